The molecule has 5 rings (SSSR count). The maximum absolute atomic E-state index is 13.3. The number of hydrogen-bond donors (Lipinski definition) is 5. The summed E-state index contributed by atoms with van der Waals surface area (Å²) in [7, 11) is 4.98. The number of unbranched alkanes of at least 4 members (excludes halogenated alkanes) is 2. The number of likely N-dealkylation sites (tertiary alicyclic amines) is 2. The number of hydrazine groups is 1. The number of fused-ring (bicyclic) bond motifs is 2. The number of amides is 7. The van der Waals surface area contributed by atoms with Crippen LogP contribution in [0.15, 0.2) is 47.6 Å². The van der Waals surface area contributed by atoms with Crippen LogP contribution in [0.4, 0.5) is 0 Å². The summed E-state index contributed by atoms with van der Waals surface area (Å²) in [4.78, 5) is 92.5. The van der Waals surface area contributed by atoms with E-state index in [0.29, 0.717) is 38.8 Å². The normalized spacial score (nSPS) is 21.2. The number of carbonyl (C=O) groups excluding carboxylic acids is 7. The van der Waals surface area contributed by atoms with E-state index >= 15 is 0 Å². The van der Waals surface area contributed by atoms with Crippen LogP contribution in [0.3, 0.4) is 0 Å². The van der Waals surface area contributed by atoms with Crippen molar-refractivity contribution in [2.45, 2.75) is 162 Å². The van der Waals surface area contributed by atoms with Crippen LogP contribution in [0.1, 0.15) is 124 Å². The first-order valence-corrected chi connectivity index (χ1v) is 25.2. The molecule has 3 fully saturated rings. The predicted molar refractivity (Wildman–Crippen MR) is 271 cm³/mol. The number of nitrogens with zero attached hydrogens (tertiary/aromatic N) is 5. The van der Waals surface area contributed by atoms with Gasteiger partial charge in [-0.1, -0.05) is 96.7 Å². The summed E-state index contributed by atoms with van der Waals surface area (Å²) in [6.45, 7) is 15.4. The third kappa shape index (κ3) is 18.1. The zero-order valence-electron chi connectivity index (χ0n) is 43.7. The Bertz CT molecular complexity index is 1830. The number of ether oxygens (including phenoxy) is 2. The molecular weight excluding hydrogens is 897 g/mol. The SMILES string of the molecule is CCC.CCC(C)C(C(CC)OC)N(C)C(=O)CNC(=O)C1C2CCC(C2)N1C(=O)CCCCCN1C(=O)C=CC1=O.COC(C(C)C(=O)NC/C(=N/N)NN)C1CCCN1C=O.Cc1ccccc1. The van der Waals surface area contributed by atoms with Gasteiger partial charge < -0.3 is 46.1 Å². The van der Waals surface area contributed by atoms with Gasteiger partial charge in [0.25, 0.3) is 11.8 Å². The molecule has 394 valence electrons. The Kier molecular flexibility index (Phi) is 28.2. The van der Waals surface area contributed by atoms with E-state index in [4.69, 9.17) is 21.2 Å². The van der Waals surface area contributed by atoms with Crippen molar-refractivity contribution < 1.29 is 43.0 Å². The second-order valence-electron chi connectivity index (χ2n) is 18.6. The van der Waals surface area contributed by atoms with Crippen LogP contribution in [-0.4, -0.2) is 151 Å². The number of likely N-dealkylation sites (N-methyl/N-ethyl adjacent to an activating group) is 1. The van der Waals surface area contributed by atoms with Gasteiger partial charge in [-0.05, 0) is 70.1 Å². The summed E-state index contributed by atoms with van der Waals surface area (Å²) in [6, 6.07) is 9.63. The molecule has 9 unspecified atom stereocenters. The summed E-state index contributed by atoms with van der Waals surface area (Å²) in [5.41, 5.74) is 3.61. The molecule has 4 aliphatic rings. The second kappa shape index (κ2) is 32.5. The summed E-state index contributed by atoms with van der Waals surface area (Å²) in [5, 5.41) is 8.90. The van der Waals surface area contributed by atoms with Gasteiger partial charge in [-0.2, -0.15) is 5.10 Å². The lowest BCUT2D eigenvalue weighted by molar-refractivity contribution is -0.144. The van der Waals surface area contributed by atoms with Gasteiger partial charge in [0.2, 0.25) is 30.0 Å². The average molecular weight is 983 g/mol. The number of nitrogens with one attached hydrogen (secondary N) is 3. The fraction of sp³-hybridized carbons (Fsp3) is 0.686. The first-order chi connectivity index (χ1) is 33.5. The molecule has 3 heterocycles. The number of hydrazone groups is 1. The summed E-state index contributed by atoms with van der Waals surface area (Å²) in [6.07, 6.45) is 12.5. The fourth-order valence-electron chi connectivity index (χ4n) is 9.68. The van der Waals surface area contributed by atoms with Crippen molar-refractivity contribution in [3.63, 3.8) is 0 Å². The van der Waals surface area contributed by atoms with Crippen LogP contribution >= 0.6 is 0 Å². The molecule has 0 radical (unpaired) electrons. The van der Waals surface area contributed by atoms with Gasteiger partial charge >= 0.3 is 0 Å². The second-order valence-corrected chi connectivity index (χ2v) is 18.6. The van der Waals surface area contributed by atoms with Crippen LogP contribution in [0.2, 0.25) is 0 Å². The maximum atomic E-state index is 13.3. The zero-order chi connectivity index (χ0) is 52.3. The molecule has 7 N–H and O–H groups in total. The Labute approximate surface area is 417 Å². The van der Waals surface area contributed by atoms with Gasteiger partial charge in [0, 0.05) is 59.0 Å². The molecule has 7 amide bonds. The van der Waals surface area contributed by atoms with Crippen molar-refractivity contribution >= 4 is 47.7 Å². The van der Waals surface area contributed by atoms with Crippen LogP contribution in [-0.2, 0) is 43.0 Å². The van der Waals surface area contributed by atoms with E-state index in [9.17, 15) is 33.6 Å². The van der Waals surface area contributed by atoms with Crippen molar-refractivity contribution in [3.8, 4) is 0 Å². The number of methoxy groups -OCH3 is 2. The Morgan fingerprint density at radius 1 is 0.914 bits per heavy atom. The highest BCUT2D eigenvalue weighted by Crippen LogP contribution is 2.43. The van der Waals surface area contributed by atoms with Crippen molar-refractivity contribution in [1.82, 2.24) is 35.7 Å². The number of nitrogens with two attached hydrogens (primary N) is 2. The molecule has 19 nitrogen and oxygen atoms in total. The first kappa shape index (κ1) is 60.7. The number of benzene rings is 1. The van der Waals surface area contributed by atoms with Gasteiger partial charge in [-0.25, -0.2) is 5.84 Å². The minimum Gasteiger partial charge on any atom is -0.379 e. The monoisotopic (exact) mass is 983 g/mol. The fourth-order valence-corrected chi connectivity index (χ4v) is 9.68. The summed E-state index contributed by atoms with van der Waals surface area (Å²) >= 11 is 0. The Morgan fingerprint density at radius 3 is 2.10 bits per heavy atom. The van der Waals surface area contributed by atoms with Crippen molar-refractivity contribution in [1.29, 1.82) is 0 Å². The van der Waals surface area contributed by atoms with Crippen molar-refractivity contribution in [2.75, 3.05) is 47.4 Å². The quantitative estimate of drug-likeness (QED) is 0.0212. The van der Waals surface area contributed by atoms with Gasteiger partial charge in [-0.15, -0.1) is 0 Å². The number of aryl methyl sites for hydroxylation is 1. The van der Waals surface area contributed by atoms with Crippen molar-refractivity contribution in [3.05, 3.63) is 48.0 Å². The lowest BCUT2D eigenvalue weighted by Gasteiger charge is -2.38. The van der Waals surface area contributed by atoms with E-state index < -0.39 is 12.0 Å². The van der Waals surface area contributed by atoms with E-state index in [-0.39, 0.29) is 96.5 Å². The summed E-state index contributed by atoms with van der Waals surface area (Å²) < 4.78 is 11.1. The standard InChI is InChI=1S/C29H46N4O6.C12H24N6O3.C7H8.C3H8/c1-6-19(3)27(22(7-2)39-5)31(4)26(37)18-30-29(38)28-20-12-13-21(17-20)33(28)25(36)11-9-8-10-16-32-23(34)14-15-24(32)35;1-8(12(20)15-6-10(16-13)17-14)11(21-2)9-4-3-5-18(9)7-19;1-7-5-3-2-4-6-7;1-3-2/h14-15,19-22,27-28H,6-13,16-18H2,1-5H3,(H,30,38);7-9,11H,3-6,13-14H2,1-2H3,(H,15,20)(H,16,17);2-6H,1H3;3H2,1-2H3. The zero-order valence-corrected chi connectivity index (χ0v) is 43.7. The largest absolute Gasteiger partial charge is 0.379 e. The number of hydrogen-bond acceptors (Lipinski definition) is 12. The van der Waals surface area contributed by atoms with Crippen LogP contribution < -0.4 is 27.7 Å². The highest BCUT2D eigenvalue weighted by Gasteiger charge is 2.51. The van der Waals surface area contributed by atoms with E-state index in [1.807, 2.05) is 25.1 Å². The number of imide groups is 1. The number of piperidine rings is 1. The first-order valence-electron chi connectivity index (χ1n) is 25.2. The minimum atomic E-state index is -0.534. The molecule has 2 saturated heterocycles. The van der Waals surface area contributed by atoms with Crippen molar-refractivity contribution in [2.24, 2.45) is 34.5 Å². The molecule has 1 aromatic carbocycles. The number of amidine groups is 1. The lowest BCUT2D eigenvalue weighted by Crippen LogP contribution is -2.55. The Morgan fingerprint density at radius 2 is 1.57 bits per heavy atom. The number of rotatable bonds is 22. The molecular formula is C51H86N10O9. The van der Waals surface area contributed by atoms with E-state index in [1.165, 1.54) is 29.0 Å². The van der Waals surface area contributed by atoms with E-state index in [0.717, 1.165) is 51.4 Å². The summed E-state index contributed by atoms with van der Waals surface area (Å²) in [5.74, 6) is 9.23. The third-order valence-electron chi connectivity index (χ3n) is 13.6. The molecule has 70 heavy (non-hydrogen) atoms. The molecule has 3 aliphatic heterocycles. The van der Waals surface area contributed by atoms with E-state index in [1.54, 1.807) is 42.9 Å². The average Bonchev–Trinajstić information content (AvgIpc) is 4.19. The van der Waals surface area contributed by atoms with Gasteiger partial charge in [-0.3, -0.25) is 38.5 Å². The van der Waals surface area contributed by atoms with Crippen LogP contribution in [0, 0.1) is 24.7 Å². The highest BCUT2D eigenvalue weighted by molar-refractivity contribution is 6.12. The number of carbonyl (C=O) groups is 7. The smallest absolute Gasteiger partial charge is 0.253 e. The Balaban J connectivity index is 0.000000448. The molecule has 0 aromatic heterocycles. The van der Waals surface area contributed by atoms with Crippen LogP contribution in [0.5, 0.6) is 0 Å². The third-order valence-corrected chi connectivity index (χ3v) is 13.6. The minimum absolute atomic E-state index is 0.0384. The molecule has 1 aromatic rings. The van der Waals surface area contributed by atoms with Crippen LogP contribution in [0.25, 0.3) is 0 Å². The van der Waals surface area contributed by atoms with Gasteiger partial charge in [0.15, 0.2) is 5.84 Å². The highest BCUT2D eigenvalue weighted by atomic mass is 16.5. The molecule has 19 heteroatoms. The lowest BCUT2D eigenvalue weighted by atomic mass is 9.91. The van der Waals surface area contributed by atoms with Gasteiger partial charge in [0.05, 0.1) is 43.3 Å². The molecule has 9 atom stereocenters. The topological polar surface area (TPSA) is 251 Å². The maximum Gasteiger partial charge on any atom is 0.253 e. The van der Waals surface area contributed by atoms with E-state index in [2.05, 4.69) is 67.9 Å². The van der Waals surface area contributed by atoms with Gasteiger partial charge in [0.1, 0.15) is 6.04 Å². The molecule has 1 saturated carbocycles. The molecule has 1 aliphatic carbocycles. The predicted octanol–water partition coefficient (Wildman–Crippen LogP) is 3.79. The Hall–Kier alpha value is -5.40. The molecule has 0 spiro atoms. The molecule has 2 bridgehead atoms.